The molecule has 1 amide bonds. The van der Waals surface area contributed by atoms with Crippen LogP contribution >= 0.6 is 0 Å². The smallest absolute Gasteiger partial charge is 0.407 e. The van der Waals surface area contributed by atoms with Crippen LogP contribution in [-0.2, 0) is 16.0 Å². The molecule has 140 valence electrons. The van der Waals surface area contributed by atoms with E-state index in [1.54, 1.807) is 6.07 Å². The van der Waals surface area contributed by atoms with Crippen molar-refractivity contribution in [3.63, 3.8) is 0 Å². The van der Waals surface area contributed by atoms with E-state index in [1.165, 1.54) is 19.2 Å². The average Bonchev–Trinajstić information content (AvgIpc) is 2.57. The third-order valence-corrected chi connectivity index (χ3v) is 3.09. The fraction of sp³-hybridized carbons (Fsp3) is 0.533. The van der Waals surface area contributed by atoms with E-state index in [0.29, 0.717) is 18.8 Å². The van der Waals surface area contributed by atoms with E-state index in [2.05, 4.69) is 0 Å². The minimum atomic E-state index is -1.15. The maximum atomic E-state index is 11.2. The van der Waals surface area contributed by atoms with Gasteiger partial charge in [-0.3, -0.25) is 10.1 Å². The highest BCUT2D eigenvalue weighted by molar-refractivity contribution is 5.65. The lowest BCUT2D eigenvalue weighted by molar-refractivity contribution is -0.386. The molecule has 25 heavy (non-hydrogen) atoms. The van der Waals surface area contributed by atoms with Gasteiger partial charge in [-0.05, 0) is 0 Å². The molecule has 0 aliphatic heterocycles. The normalized spacial score (nSPS) is 10.5. The molecule has 10 nitrogen and oxygen atoms in total. The SMILES string of the molecule is CN(Cc1cccc([N+](=O)[O-])c1OCCOCCOCCO)C(=O)O. The summed E-state index contributed by atoms with van der Waals surface area (Å²) < 4.78 is 15.7. The van der Waals surface area contributed by atoms with Crippen LogP contribution in [0, 0.1) is 10.1 Å². The van der Waals surface area contributed by atoms with Crippen LogP contribution in [0.5, 0.6) is 5.75 Å². The maximum Gasteiger partial charge on any atom is 0.407 e. The molecule has 0 spiro atoms. The Bertz CT molecular complexity index is 566. The Kier molecular flexibility index (Phi) is 9.22. The minimum Gasteiger partial charge on any atom is -0.484 e. The molecule has 0 aliphatic carbocycles. The van der Waals surface area contributed by atoms with Crippen molar-refractivity contribution in [2.24, 2.45) is 0 Å². The lowest BCUT2D eigenvalue weighted by Gasteiger charge is -2.16. The third-order valence-electron chi connectivity index (χ3n) is 3.09. The predicted octanol–water partition coefficient (Wildman–Crippen LogP) is 1.11. The van der Waals surface area contributed by atoms with Crippen molar-refractivity contribution in [3.8, 4) is 5.75 Å². The molecule has 1 aromatic carbocycles. The highest BCUT2D eigenvalue weighted by Crippen LogP contribution is 2.31. The standard InChI is InChI=1S/C15H22N2O8/c1-16(15(19)20)11-12-3-2-4-13(17(21)22)14(12)25-10-9-24-8-7-23-6-5-18/h2-4,18H,5-11H2,1H3,(H,19,20). The van der Waals surface area contributed by atoms with Crippen molar-refractivity contribution >= 4 is 11.8 Å². The van der Waals surface area contributed by atoms with Crippen LogP contribution in [0.15, 0.2) is 18.2 Å². The van der Waals surface area contributed by atoms with Crippen molar-refractivity contribution in [1.29, 1.82) is 0 Å². The van der Waals surface area contributed by atoms with Crippen LogP contribution in [0.4, 0.5) is 10.5 Å². The Morgan fingerprint density at radius 3 is 2.44 bits per heavy atom. The Hall–Kier alpha value is -2.43. The number of carbonyl (C=O) groups is 1. The summed E-state index contributed by atoms with van der Waals surface area (Å²) in [5.41, 5.74) is 0.160. The number of ether oxygens (including phenoxy) is 3. The topological polar surface area (TPSA) is 132 Å². The van der Waals surface area contributed by atoms with Gasteiger partial charge >= 0.3 is 11.8 Å². The first-order valence-corrected chi connectivity index (χ1v) is 7.56. The van der Waals surface area contributed by atoms with Gasteiger partial charge in [0.1, 0.15) is 6.61 Å². The van der Waals surface area contributed by atoms with Gasteiger partial charge in [0.05, 0.1) is 44.5 Å². The van der Waals surface area contributed by atoms with E-state index in [0.717, 1.165) is 4.90 Å². The molecule has 0 radical (unpaired) electrons. The zero-order valence-corrected chi connectivity index (χ0v) is 13.9. The molecule has 1 rings (SSSR count). The second-order valence-corrected chi connectivity index (χ2v) is 4.96. The second kappa shape index (κ2) is 11.2. The fourth-order valence-corrected chi connectivity index (χ4v) is 1.92. The summed E-state index contributed by atoms with van der Waals surface area (Å²) in [5.74, 6) is 0.0285. The van der Waals surface area contributed by atoms with Crippen molar-refractivity contribution in [1.82, 2.24) is 4.90 Å². The number of hydrogen-bond acceptors (Lipinski definition) is 7. The summed E-state index contributed by atoms with van der Waals surface area (Å²) in [5, 5.41) is 28.7. The number of aliphatic hydroxyl groups excluding tert-OH is 1. The highest BCUT2D eigenvalue weighted by atomic mass is 16.6. The van der Waals surface area contributed by atoms with Crippen molar-refractivity contribution in [2.45, 2.75) is 6.54 Å². The fourth-order valence-electron chi connectivity index (χ4n) is 1.92. The first-order chi connectivity index (χ1) is 12.0. The summed E-state index contributed by atoms with van der Waals surface area (Å²) in [7, 11) is 1.36. The number of aliphatic hydroxyl groups is 1. The Labute approximate surface area is 144 Å². The van der Waals surface area contributed by atoms with E-state index in [9.17, 15) is 14.9 Å². The number of nitrogens with zero attached hydrogens (tertiary/aromatic N) is 2. The Morgan fingerprint density at radius 2 is 1.84 bits per heavy atom. The van der Waals surface area contributed by atoms with Gasteiger partial charge in [-0.15, -0.1) is 0 Å². The van der Waals surface area contributed by atoms with Gasteiger partial charge in [-0.1, -0.05) is 12.1 Å². The van der Waals surface area contributed by atoms with Crippen LogP contribution in [-0.4, -0.2) is 72.8 Å². The largest absolute Gasteiger partial charge is 0.484 e. The molecule has 2 N–H and O–H groups in total. The number of rotatable bonds is 12. The highest BCUT2D eigenvalue weighted by Gasteiger charge is 2.21. The van der Waals surface area contributed by atoms with Gasteiger partial charge in [-0.25, -0.2) is 4.79 Å². The van der Waals surface area contributed by atoms with Gasteiger partial charge in [0, 0.05) is 18.7 Å². The summed E-state index contributed by atoms with van der Waals surface area (Å²) in [4.78, 5) is 22.5. The summed E-state index contributed by atoms with van der Waals surface area (Å²) in [6.07, 6.45) is -1.15. The van der Waals surface area contributed by atoms with Crippen LogP contribution in [0.25, 0.3) is 0 Å². The summed E-state index contributed by atoms with van der Waals surface area (Å²) in [6.45, 7) is 1.00. The molecule has 0 saturated carbocycles. The summed E-state index contributed by atoms with van der Waals surface area (Å²) in [6, 6.07) is 4.35. The van der Waals surface area contributed by atoms with Crippen LogP contribution < -0.4 is 4.74 Å². The molecule has 0 bridgehead atoms. The molecule has 0 fully saturated rings. The zero-order chi connectivity index (χ0) is 18.7. The molecule has 0 aliphatic rings. The van der Waals surface area contributed by atoms with Crippen LogP contribution in [0.3, 0.4) is 0 Å². The van der Waals surface area contributed by atoms with Crippen molar-refractivity contribution in [2.75, 3.05) is 46.7 Å². The first kappa shape index (κ1) is 20.6. The van der Waals surface area contributed by atoms with Gasteiger partial charge in [-0.2, -0.15) is 0 Å². The Balaban J connectivity index is 2.62. The van der Waals surface area contributed by atoms with Crippen LogP contribution in [0.2, 0.25) is 0 Å². The third kappa shape index (κ3) is 7.33. The van der Waals surface area contributed by atoms with E-state index < -0.39 is 11.0 Å². The molecule has 10 heteroatoms. The van der Waals surface area contributed by atoms with Gasteiger partial charge in [0.15, 0.2) is 0 Å². The molecular weight excluding hydrogens is 336 g/mol. The molecule has 0 heterocycles. The number of nitro groups is 1. The molecule has 0 saturated heterocycles. The van der Waals surface area contributed by atoms with Gasteiger partial charge in [0.25, 0.3) is 0 Å². The number of nitro benzene ring substituents is 1. The molecule has 1 aromatic rings. The zero-order valence-electron chi connectivity index (χ0n) is 13.9. The molecule has 0 aromatic heterocycles. The van der Waals surface area contributed by atoms with E-state index in [1.807, 2.05) is 0 Å². The van der Waals surface area contributed by atoms with Crippen LogP contribution in [0.1, 0.15) is 5.56 Å². The lowest BCUT2D eigenvalue weighted by atomic mass is 10.1. The number of carboxylic acid groups (broad SMARTS) is 1. The lowest BCUT2D eigenvalue weighted by Crippen LogP contribution is -2.24. The average molecular weight is 358 g/mol. The van der Waals surface area contributed by atoms with Gasteiger partial charge < -0.3 is 29.3 Å². The van der Waals surface area contributed by atoms with E-state index in [-0.39, 0.29) is 44.4 Å². The quantitative estimate of drug-likeness (QED) is 0.323. The van der Waals surface area contributed by atoms with E-state index in [4.69, 9.17) is 24.4 Å². The number of benzene rings is 1. The number of amides is 1. The number of para-hydroxylation sites is 1. The number of hydrogen-bond donors (Lipinski definition) is 2. The minimum absolute atomic E-state index is 0.0285. The van der Waals surface area contributed by atoms with E-state index >= 15 is 0 Å². The maximum absolute atomic E-state index is 11.2. The van der Waals surface area contributed by atoms with Crippen molar-refractivity contribution in [3.05, 3.63) is 33.9 Å². The summed E-state index contributed by atoms with van der Waals surface area (Å²) >= 11 is 0. The monoisotopic (exact) mass is 358 g/mol. The molecular formula is C15H22N2O8. The van der Waals surface area contributed by atoms with Crippen molar-refractivity contribution < 1.29 is 34.1 Å². The first-order valence-electron chi connectivity index (χ1n) is 7.56. The Morgan fingerprint density at radius 1 is 1.20 bits per heavy atom. The molecule has 0 atom stereocenters. The second-order valence-electron chi connectivity index (χ2n) is 4.96. The predicted molar refractivity (Wildman–Crippen MR) is 86.8 cm³/mol. The molecule has 0 unspecified atom stereocenters. The van der Waals surface area contributed by atoms with Gasteiger partial charge in [0.2, 0.25) is 5.75 Å².